The van der Waals surface area contributed by atoms with Crippen LogP contribution in [0, 0.1) is 0 Å². The molecule has 19 heavy (non-hydrogen) atoms. The lowest BCUT2D eigenvalue weighted by Crippen LogP contribution is -2.03. The van der Waals surface area contributed by atoms with E-state index in [1.807, 2.05) is 37.3 Å². The van der Waals surface area contributed by atoms with Crippen molar-refractivity contribution in [2.75, 3.05) is 18.5 Å². The first kappa shape index (κ1) is 13.3. The van der Waals surface area contributed by atoms with Gasteiger partial charge in [-0.05, 0) is 31.5 Å². The number of para-hydroxylation sites is 1. The number of hydrogen-bond acceptors (Lipinski definition) is 4. The molecule has 0 radical (unpaired) electrons. The lowest BCUT2D eigenvalue weighted by atomic mass is 10.1. The summed E-state index contributed by atoms with van der Waals surface area (Å²) in [6.07, 6.45) is 2.75. The molecule has 0 atom stereocenters. The van der Waals surface area contributed by atoms with Gasteiger partial charge < -0.3 is 10.1 Å². The monoisotopic (exact) mass is 257 g/mol. The Labute approximate surface area is 113 Å². The summed E-state index contributed by atoms with van der Waals surface area (Å²) >= 11 is 0. The molecular formula is C15H19N3O. The average Bonchev–Trinajstić information content (AvgIpc) is 2.46. The number of ether oxygens (including phenoxy) is 1. The van der Waals surface area contributed by atoms with Crippen molar-refractivity contribution < 1.29 is 4.74 Å². The third-order valence-corrected chi connectivity index (χ3v) is 2.62. The van der Waals surface area contributed by atoms with Crippen molar-refractivity contribution in [2.24, 2.45) is 0 Å². The molecule has 4 nitrogen and oxygen atoms in total. The van der Waals surface area contributed by atoms with Crippen LogP contribution in [0.2, 0.25) is 0 Å². The fourth-order valence-electron chi connectivity index (χ4n) is 1.77. The number of aromatic nitrogens is 2. The van der Waals surface area contributed by atoms with Gasteiger partial charge in [0.05, 0.1) is 12.3 Å². The molecule has 2 aromatic rings. The van der Waals surface area contributed by atoms with Crippen LogP contribution < -0.4 is 10.1 Å². The highest BCUT2D eigenvalue weighted by Crippen LogP contribution is 2.28. The van der Waals surface area contributed by atoms with Crippen LogP contribution in [-0.4, -0.2) is 23.1 Å². The first-order valence-corrected chi connectivity index (χ1v) is 6.64. The van der Waals surface area contributed by atoms with E-state index in [4.69, 9.17) is 4.74 Å². The maximum absolute atomic E-state index is 5.76. The Bertz CT molecular complexity index is 528. The smallest absolute Gasteiger partial charge is 0.223 e. The quantitative estimate of drug-likeness (QED) is 0.862. The van der Waals surface area contributed by atoms with Crippen molar-refractivity contribution in [3.63, 3.8) is 0 Å². The van der Waals surface area contributed by atoms with Crippen LogP contribution in [0.5, 0.6) is 5.75 Å². The molecule has 1 aromatic heterocycles. The average molecular weight is 257 g/mol. The van der Waals surface area contributed by atoms with Gasteiger partial charge in [-0.1, -0.05) is 19.1 Å². The number of anilines is 1. The van der Waals surface area contributed by atoms with E-state index >= 15 is 0 Å². The van der Waals surface area contributed by atoms with Crippen molar-refractivity contribution in [3.8, 4) is 17.0 Å². The van der Waals surface area contributed by atoms with Crippen molar-refractivity contribution in [3.05, 3.63) is 36.5 Å². The van der Waals surface area contributed by atoms with Crippen molar-refractivity contribution in [1.82, 2.24) is 9.97 Å². The van der Waals surface area contributed by atoms with Gasteiger partial charge in [0.15, 0.2) is 0 Å². The highest BCUT2D eigenvalue weighted by Gasteiger charge is 2.07. The molecule has 1 heterocycles. The van der Waals surface area contributed by atoms with Gasteiger partial charge in [0.25, 0.3) is 0 Å². The molecule has 0 saturated carbocycles. The van der Waals surface area contributed by atoms with Gasteiger partial charge >= 0.3 is 0 Å². The zero-order valence-electron chi connectivity index (χ0n) is 11.4. The third-order valence-electron chi connectivity index (χ3n) is 2.62. The molecule has 1 N–H and O–H groups in total. The Morgan fingerprint density at radius 2 is 2.00 bits per heavy atom. The molecule has 0 unspecified atom stereocenters. The van der Waals surface area contributed by atoms with Crippen LogP contribution in [0.4, 0.5) is 5.95 Å². The third kappa shape index (κ3) is 3.44. The Kier molecular flexibility index (Phi) is 4.72. The summed E-state index contributed by atoms with van der Waals surface area (Å²) in [4.78, 5) is 8.68. The van der Waals surface area contributed by atoms with Gasteiger partial charge in [0.2, 0.25) is 5.95 Å². The van der Waals surface area contributed by atoms with Gasteiger partial charge in [-0.25, -0.2) is 9.97 Å². The van der Waals surface area contributed by atoms with Gasteiger partial charge in [-0.3, -0.25) is 0 Å². The van der Waals surface area contributed by atoms with Gasteiger partial charge in [0.1, 0.15) is 5.75 Å². The Balaban J connectivity index is 2.32. The van der Waals surface area contributed by atoms with Crippen LogP contribution in [0.1, 0.15) is 20.3 Å². The Morgan fingerprint density at radius 1 is 1.16 bits per heavy atom. The maximum atomic E-state index is 5.76. The normalized spacial score (nSPS) is 10.2. The molecular weight excluding hydrogens is 238 g/mol. The van der Waals surface area contributed by atoms with Crippen LogP contribution in [-0.2, 0) is 0 Å². The molecule has 0 aliphatic heterocycles. The number of hydrogen-bond donors (Lipinski definition) is 1. The minimum atomic E-state index is 0.644. The van der Waals surface area contributed by atoms with E-state index in [0.717, 1.165) is 30.0 Å². The summed E-state index contributed by atoms with van der Waals surface area (Å²) in [6, 6.07) is 9.85. The summed E-state index contributed by atoms with van der Waals surface area (Å²) < 4.78 is 5.76. The standard InChI is InChI=1S/C15H19N3O/c1-3-11-19-14-8-6-5-7-12(14)13-9-10-17-15(18-13)16-4-2/h5-10H,3-4,11H2,1-2H3,(H,16,17,18). The van der Waals surface area contributed by atoms with Crippen molar-refractivity contribution >= 4 is 5.95 Å². The second kappa shape index (κ2) is 6.73. The molecule has 0 aliphatic carbocycles. The second-order valence-corrected chi connectivity index (χ2v) is 4.14. The van der Waals surface area contributed by atoms with Gasteiger partial charge in [0, 0.05) is 18.3 Å². The first-order chi connectivity index (χ1) is 9.35. The lowest BCUT2D eigenvalue weighted by Gasteiger charge is -2.11. The number of rotatable bonds is 6. The molecule has 0 spiro atoms. The van der Waals surface area contributed by atoms with Crippen molar-refractivity contribution in [2.45, 2.75) is 20.3 Å². The summed E-state index contributed by atoms with van der Waals surface area (Å²) in [5.41, 5.74) is 1.87. The van der Waals surface area contributed by atoms with Crippen LogP contribution in [0.3, 0.4) is 0 Å². The van der Waals surface area contributed by atoms with Crippen LogP contribution in [0.25, 0.3) is 11.3 Å². The molecule has 1 aromatic carbocycles. The molecule has 4 heteroatoms. The summed E-state index contributed by atoms with van der Waals surface area (Å²) in [6.45, 7) is 5.63. The zero-order valence-corrected chi connectivity index (χ0v) is 11.4. The molecule has 100 valence electrons. The fraction of sp³-hybridized carbons (Fsp3) is 0.333. The lowest BCUT2D eigenvalue weighted by molar-refractivity contribution is 0.318. The number of nitrogens with zero attached hydrogens (tertiary/aromatic N) is 2. The number of nitrogens with one attached hydrogen (secondary N) is 1. The Hall–Kier alpha value is -2.10. The largest absolute Gasteiger partial charge is 0.493 e. The van der Waals surface area contributed by atoms with E-state index < -0.39 is 0 Å². The van der Waals surface area contributed by atoms with Crippen LogP contribution >= 0.6 is 0 Å². The topological polar surface area (TPSA) is 47.0 Å². The van der Waals surface area contributed by atoms with E-state index in [2.05, 4.69) is 22.2 Å². The molecule has 0 saturated heterocycles. The minimum Gasteiger partial charge on any atom is -0.493 e. The van der Waals surface area contributed by atoms with E-state index in [9.17, 15) is 0 Å². The second-order valence-electron chi connectivity index (χ2n) is 4.14. The van der Waals surface area contributed by atoms with Gasteiger partial charge in [-0.2, -0.15) is 0 Å². The summed E-state index contributed by atoms with van der Waals surface area (Å²) in [7, 11) is 0. The molecule has 0 aliphatic rings. The van der Waals surface area contributed by atoms with E-state index in [1.165, 1.54) is 0 Å². The van der Waals surface area contributed by atoms with E-state index in [0.29, 0.717) is 12.6 Å². The maximum Gasteiger partial charge on any atom is 0.223 e. The number of benzene rings is 1. The fourth-order valence-corrected chi connectivity index (χ4v) is 1.77. The highest BCUT2D eigenvalue weighted by molar-refractivity contribution is 5.67. The SMILES string of the molecule is CCCOc1ccccc1-c1ccnc(NCC)n1. The molecule has 0 fully saturated rings. The van der Waals surface area contributed by atoms with Crippen molar-refractivity contribution in [1.29, 1.82) is 0 Å². The highest BCUT2D eigenvalue weighted by atomic mass is 16.5. The minimum absolute atomic E-state index is 0.644. The predicted octanol–water partition coefficient (Wildman–Crippen LogP) is 3.36. The van der Waals surface area contributed by atoms with Crippen LogP contribution in [0.15, 0.2) is 36.5 Å². The molecule has 2 rings (SSSR count). The summed E-state index contributed by atoms with van der Waals surface area (Å²) in [5, 5.41) is 3.12. The zero-order chi connectivity index (χ0) is 13.5. The first-order valence-electron chi connectivity index (χ1n) is 6.64. The molecule has 0 amide bonds. The predicted molar refractivity (Wildman–Crippen MR) is 77.4 cm³/mol. The van der Waals surface area contributed by atoms with E-state index in [-0.39, 0.29) is 0 Å². The molecule has 0 bridgehead atoms. The van der Waals surface area contributed by atoms with E-state index in [1.54, 1.807) is 6.20 Å². The Morgan fingerprint density at radius 3 is 2.79 bits per heavy atom. The summed E-state index contributed by atoms with van der Waals surface area (Å²) in [5.74, 6) is 1.51. The van der Waals surface area contributed by atoms with Gasteiger partial charge in [-0.15, -0.1) is 0 Å².